The molecule has 0 radical (unpaired) electrons. The van der Waals surface area contributed by atoms with Crippen molar-refractivity contribution in [2.75, 3.05) is 6.26 Å². The molecule has 1 aliphatic carbocycles. The van der Waals surface area contributed by atoms with Crippen molar-refractivity contribution < 1.29 is 8.42 Å². The minimum atomic E-state index is -2.88. The normalized spacial score (nSPS) is 34.6. The third kappa shape index (κ3) is 1.49. The molecule has 0 spiro atoms. The SMILES string of the molecule is CS(=O)(=O)[C@@H]1CCC[C@@H]1N. The molecule has 4 heteroatoms. The predicted octanol–water partition coefficient (Wildman–Crippen LogP) is -0.0892. The van der Waals surface area contributed by atoms with Crippen molar-refractivity contribution in [2.45, 2.75) is 30.6 Å². The lowest BCUT2D eigenvalue weighted by Gasteiger charge is -2.11. The number of hydrogen-bond acceptors (Lipinski definition) is 3. The van der Waals surface area contributed by atoms with Crippen LogP contribution in [0.3, 0.4) is 0 Å². The van der Waals surface area contributed by atoms with Gasteiger partial charge in [-0.05, 0) is 12.8 Å². The van der Waals surface area contributed by atoms with E-state index in [4.69, 9.17) is 5.73 Å². The lowest BCUT2D eigenvalue weighted by molar-refractivity contribution is 0.574. The van der Waals surface area contributed by atoms with Gasteiger partial charge in [-0.2, -0.15) is 0 Å². The standard InChI is InChI=1S/C6H13NO2S/c1-10(8,9)6-4-2-3-5(6)7/h5-6H,2-4,7H2,1H3/t5-,6+/m0/s1. The maximum atomic E-state index is 11.0. The molecule has 0 amide bonds. The van der Waals surface area contributed by atoms with E-state index in [0.29, 0.717) is 0 Å². The number of hydrogen-bond donors (Lipinski definition) is 1. The summed E-state index contributed by atoms with van der Waals surface area (Å²) in [5.74, 6) is 0. The average molecular weight is 163 g/mol. The largest absolute Gasteiger partial charge is 0.327 e. The number of rotatable bonds is 1. The second-order valence-corrected chi connectivity index (χ2v) is 5.23. The van der Waals surface area contributed by atoms with Gasteiger partial charge in [0, 0.05) is 12.3 Å². The third-order valence-corrected chi connectivity index (χ3v) is 3.74. The molecule has 1 rings (SSSR count). The topological polar surface area (TPSA) is 60.2 Å². The number of nitrogens with two attached hydrogens (primary N) is 1. The molecular weight excluding hydrogens is 150 g/mol. The zero-order valence-electron chi connectivity index (χ0n) is 6.08. The van der Waals surface area contributed by atoms with Crippen LogP contribution < -0.4 is 5.73 Å². The molecule has 1 fully saturated rings. The summed E-state index contributed by atoms with van der Waals surface area (Å²) in [5, 5.41) is -0.271. The summed E-state index contributed by atoms with van der Waals surface area (Å²) < 4.78 is 21.9. The van der Waals surface area contributed by atoms with Crippen molar-refractivity contribution in [1.82, 2.24) is 0 Å². The molecule has 0 unspecified atom stereocenters. The average Bonchev–Trinajstić information content (AvgIpc) is 2.11. The molecule has 1 saturated carbocycles. The molecule has 0 saturated heterocycles. The zero-order chi connectivity index (χ0) is 7.78. The van der Waals surface area contributed by atoms with Gasteiger partial charge in [-0.1, -0.05) is 6.42 Å². The van der Waals surface area contributed by atoms with Crippen LogP contribution in [0.25, 0.3) is 0 Å². The van der Waals surface area contributed by atoms with Gasteiger partial charge >= 0.3 is 0 Å². The minimum Gasteiger partial charge on any atom is -0.327 e. The summed E-state index contributed by atoms with van der Waals surface area (Å²) in [4.78, 5) is 0. The molecule has 0 heterocycles. The Morgan fingerprint density at radius 1 is 1.40 bits per heavy atom. The highest BCUT2D eigenvalue weighted by Gasteiger charge is 2.31. The maximum Gasteiger partial charge on any atom is 0.151 e. The van der Waals surface area contributed by atoms with Crippen LogP contribution in [0.4, 0.5) is 0 Å². The molecule has 2 atom stereocenters. The summed E-state index contributed by atoms with van der Waals surface area (Å²) in [7, 11) is -2.88. The smallest absolute Gasteiger partial charge is 0.151 e. The first-order valence-electron chi connectivity index (χ1n) is 3.46. The molecule has 0 bridgehead atoms. The first-order valence-corrected chi connectivity index (χ1v) is 5.42. The molecule has 0 aromatic heterocycles. The van der Waals surface area contributed by atoms with Crippen molar-refractivity contribution in [2.24, 2.45) is 5.73 Å². The van der Waals surface area contributed by atoms with Gasteiger partial charge in [-0.25, -0.2) is 8.42 Å². The molecule has 3 nitrogen and oxygen atoms in total. The van der Waals surface area contributed by atoms with Crippen LogP contribution in [-0.4, -0.2) is 26.0 Å². The van der Waals surface area contributed by atoms with E-state index in [-0.39, 0.29) is 11.3 Å². The van der Waals surface area contributed by atoms with Crippen LogP contribution in [0.1, 0.15) is 19.3 Å². The Balaban J connectivity index is 2.74. The molecular formula is C6H13NO2S. The minimum absolute atomic E-state index is 0.116. The summed E-state index contributed by atoms with van der Waals surface area (Å²) in [6.45, 7) is 0. The van der Waals surface area contributed by atoms with E-state index in [0.717, 1.165) is 19.3 Å². The lowest BCUT2D eigenvalue weighted by Crippen LogP contribution is -2.34. The van der Waals surface area contributed by atoms with Gasteiger partial charge in [-0.3, -0.25) is 0 Å². The Morgan fingerprint density at radius 2 is 2.00 bits per heavy atom. The van der Waals surface area contributed by atoms with Crippen LogP contribution in [0.5, 0.6) is 0 Å². The molecule has 0 aromatic carbocycles. The first-order chi connectivity index (χ1) is 4.52. The fourth-order valence-electron chi connectivity index (χ4n) is 1.49. The monoisotopic (exact) mass is 163 g/mol. The Hall–Kier alpha value is -0.0900. The van der Waals surface area contributed by atoms with Gasteiger partial charge < -0.3 is 5.73 Å². The van der Waals surface area contributed by atoms with E-state index in [9.17, 15) is 8.42 Å². The molecule has 2 N–H and O–H groups in total. The zero-order valence-corrected chi connectivity index (χ0v) is 6.89. The van der Waals surface area contributed by atoms with Crippen LogP contribution in [0.15, 0.2) is 0 Å². The van der Waals surface area contributed by atoms with Crippen LogP contribution >= 0.6 is 0 Å². The summed E-state index contributed by atoms with van der Waals surface area (Å²) >= 11 is 0. The van der Waals surface area contributed by atoms with Gasteiger partial charge in [0.2, 0.25) is 0 Å². The molecule has 0 aliphatic heterocycles. The Labute approximate surface area is 61.5 Å². The fourth-order valence-corrected chi connectivity index (χ4v) is 2.85. The number of sulfone groups is 1. The molecule has 10 heavy (non-hydrogen) atoms. The van der Waals surface area contributed by atoms with Gasteiger partial charge in [0.25, 0.3) is 0 Å². The fraction of sp³-hybridized carbons (Fsp3) is 1.00. The van der Waals surface area contributed by atoms with Crippen molar-refractivity contribution >= 4 is 9.84 Å². The van der Waals surface area contributed by atoms with Crippen LogP contribution in [0, 0.1) is 0 Å². The summed E-state index contributed by atoms with van der Waals surface area (Å²) in [6.07, 6.45) is 3.83. The van der Waals surface area contributed by atoms with Crippen molar-refractivity contribution in [3.8, 4) is 0 Å². The van der Waals surface area contributed by atoms with E-state index in [1.165, 1.54) is 6.26 Å². The lowest BCUT2D eigenvalue weighted by atomic mass is 10.3. The highest BCUT2D eigenvalue weighted by atomic mass is 32.2. The van der Waals surface area contributed by atoms with Crippen LogP contribution in [-0.2, 0) is 9.84 Å². The quantitative estimate of drug-likeness (QED) is 0.587. The summed E-state index contributed by atoms with van der Waals surface area (Å²) in [6, 6.07) is -0.116. The second kappa shape index (κ2) is 2.51. The van der Waals surface area contributed by atoms with Crippen molar-refractivity contribution in [3.05, 3.63) is 0 Å². The van der Waals surface area contributed by atoms with Crippen molar-refractivity contribution in [1.29, 1.82) is 0 Å². The Morgan fingerprint density at radius 3 is 2.20 bits per heavy atom. The summed E-state index contributed by atoms with van der Waals surface area (Å²) in [5.41, 5.74) is 5.59. The first kappa shape index (κ1) is 8.01. The molecule has 0 aromatic rings. The Kier molecular flexibility index (Phi) is 2.01. The van der Waals surface area contributed by atoms with E-state index in [1.54, 1.807) is 0 Å². The molecule has 60 valence electrons. The van der Waals surface area contributed by atoms with Crippen LogP contribution in [0.2, 0.25) is 0 Å². The van der Waals surface area contributed by atoms with Crippen molar-refractivity contribution in [3.63, 3.8) is 0 Å². The Bertz CT molecular complexity index is 210. The third-order valence-electron chi connectivity index (χ3n) is 2.05. The second-order valence-electron chi connectivity index (χ2n) is 2.96. The highest BCUT2D eigenvalue weighted by Crippen LogP contribution is 2.22. The van der Waals surface area contributed by atoms with E-state index >= 15 is 0 Å². The van der Waals surface area contributed by atoms with E-state index < -0.39 is 9.84 Å². The van der Waals surface area contributed by atoms with Gasteiger partial charge in [0.15, 0.2) is 9.84 Å². The molecule has 1 aliphatic rings. The highest BCUT2D eigenvalue weighted by molar-refractivity contribution is 7.91. The van der Waals surface area contributed by atoms with Gasteiger partial charge in [0.1, 0.15) is 0 Å². The van der Waals surface area contributed by atoms with Gasteiger partial charge in [-0.15, -0.1) is 0 Å². The maximum absolute atomic E-state index is 11.0. The van der Waals surface area contributed by atoms with Gasteiger partial charge in [0.05, 0.1) is 5.25 Å². The van der Waals surface area contributed by atoms with E-state index in [1.807, 2.05) is 0 Å². The van der Waals surface area contributed by atoms with E-state index in [2.05, 4.69) is 0 Å². The predicted molar refractivity (Wildman–Crippen MR) is 40.5 cm³/mol.